The first-order valence-corrected chi connectivity index (χ1v) is 6.00. The molecule has 0 saturated carbocycles. The summed E-state index contributed by atoms with van der Waals surface area (Å²) in [6.07, 6.45) is -0.344. The third-order valence-electron chi connectivity index (χ3n) is 3.30. The molecule has 0 aliphatic rings. The molecule has 0 saturated heterocycles. The van der Waals surface area contributed by atoms with E-state index in [0.29, 0.717) is 11.6 Å². The molecule has 6 nitrogen and oxygen atoms in total. The van der Waals surface area contributed by atoms with Gasteiger partial charge in [0.05, 0.1) is 24.1 Å². The molecule has 0 aliphatic carbocycles. The number of ether oxygens (including phenoxy) is 3. The number of nitrogen functional groups attached to an aromatic ring is 1. The lowest BCUT2D eigenvalue weighted by Crippen LogP contribution is -2.19. The van der Waals surface area contributed by atoms with Crippen LogP contribution in [-0.2, 0) is 9.47 Å². The largest absolute Gasteiger partial charge is 0.496 e. The van der Waals surface area contributed by atoms with Gasteiger partial charge in [-0.25, -0.2) is 0 Å². The van der Waals surface area contributed by atoms with Crippen LogP contribution in [0.2, 0.25) is 0 Å². The van der Waals surface area contributed by atoms with Crippen LogP contribution in [-0.4, -0.2) is 37.6 Å². The van der Waals surface area contributed by atoms with Crippen molar-refractivity contribution in [3.8, 4) is 5.75 Å². The fraction of sp³-hybridized carbons (Fsp3) is 0.462. The smallest absolute Gasteiger partial charge is 0.156 e. The van der Waals surface area contributed by atoms with Gasteiger partial charge in [-0.05, 0) is 13.0 Å². The van der Waals surface area contributed by atoms with E-state index in [1.54, 1.807) is 21.3 Å². The number of fused-ring (bicyclic) bond motifs is 1. The Kier molecular flexibility index (Phi) is 3.92. The second kappa shape index (κ2) is 5.46. The summed E-state index contributed by atoms with van der Waals surface area (Å²) in [5.41, 5.74) is 7.60. The Morgan fingerprint density at radius 2 is 1.95 bits per heavy atom. The van der Waals surface area contributed by atoms with Gasteiger partial charge in [-0.3, -0.25) is 5.10 Å². The second-order valence-corrected chi connectivity index (χ2v) is 4.32. The number of methoxy groups -OCH3 is 3. The average molecular weight is 265 g/mol. The maximum absolute atomic E-state index is 5.88. The topological polar surface area (TPSA) is 82.4 Å². The summed E-state index contributed by atoms with van der Waals surface area (Å²) in [5, 5.41) is 7.63. The summed E-state index contributed by atoms with van der Waals surface area (Å²) >= 11 is 0. The van der Waals surface area contributed by atoms with Crippen LogP contribution in [0.4, 0.5) is 5.82 Å². The SMILES string of the molecule is COc1c([C@H](OC)C(C)OC)ccc2[nH]nc(N)c12. The maximum Gasteiger partial charge on any atom is 0.156 e. The fourth-order valence-electron chi connectivity index (χ4n) is 2.26. The molecule has 1 unspecified atom stereocenters. The lowest BCUT2D eigenvalue weighted by molar-refractivity contribution is -0.0286. The first-order chi connectivity index (χ1) is 9.13. The summed E-state index contributed by atoms with van der Waals surface area (Å²) < 4.78 is 16.4. The van der Waals surface area contributed by atoms with Gasteiger partial charge < -0.3 is 19.9 Å². The molecule has 2 atom stereocenters. The highest BCUT2D eigenvalue weighted by Crippen LogP contribution is 2.38. The van der Waals surface area contributed by atoms with Crippen LogP contribution in [0.3, 0.4) is 0 Å². The minimum absolute atomic E-state index is 0.107. The molecule has 3 N–H and O–H groups in total. The minimum Gasteiger partial charge on any atom is -0.496 e. The van der Waals surface area contributed by atoms with Gasteiger partial charge in [0, 0.05) is 19.8 Å². The molecule has 2 aromatic rings. The number of anilines is 1. The standard InChI is InChI=1S/C13H19N3O3/c1-7(17-2)11(18-3)8-5-6-9-10(12(8)19-4)13(14)16-15-9/h5-7,11H,1-4H3,(H3,14,15,16)/t7?,11-/m1/s1. The second-order valence-electron chi connectivity index (χ2n) is 4.32. The summed E-state index contributed by atoms with van der Waals surface area (Å²) in [4.78, 5) is 0. The number of H-pyrrole nitrogens is 1. The molecular weight excluding hydrogens is 246 g/mol. The summed E-state index contributed by atoms with van der Waals surface area (Å²) in [7, 11) is 4.89. The lowest BCUT2D eigenvalue weighted by atomic mass is 10.0. The third kappa shape index (κ3) is 2.24. The summed E-state index contributed by atoms with van der Waals surface area (Å²) in [6.45, 7) is 1.94. The monoisotopic (exact) mass is 265 g/mol. The highest BCUT2D eigenvalue weighted by Gasteiger charge is 2.25. The van der Waals surface area contributed by atoms with E-state index in [0.717, 1.165) is 16.5 Å². The van der Waals surface area contributed by atoms with Gasteiger partial charge in [0.15, 0.2) is 5.82 Å². The Labute approximate surface area is 111 Å². The minimum atomic E-state index is -0.237. The van der Waals surface area contributed by atoms with Gasteiger partial charge in [0.25, 0.3) is 0 Å². The van der Waals surface area contributed by atoms with Crippen molar-refractivity contribution in [2.75, 3.05) is 27.1 Å². The molecule has 0 spiro atoms. The van der Waals surface area contributed by atoms with Gasteiger partial charge in [0.2, 0.25) is 0 Å². The van der Waals surface area contributed by atoms with Gasteiger partial charge >= 0.3 is 0 Å². The van der Waals surface area contributed by atoms with Crippen LogP contribution < -0.4 is 10.5 Å². The molecule has 6 heteroatoms. The van der Waals surface area contributed by atoms with Crippen LogP contribution in [0.5, 0.6) is 5.75 Å². The molecular formula is C13H19N3O3. The van der Waals surface area contributed by atoms with Crippen molar-refractivity contribution in [1.82, 2.24) is 10.2 Å². The molecule has 0 aliphatic heterocycles. The molecule has 0 amide bonds. The van der Waals surface area contributed by atoms with Crippen molar-refractivity contribution in [1.29, 1.82) is 0 Å². The van der Waals surface area contributed by atoms with Crippen LogP contribution in [0.25, 0.3) is 10.9 Å². The highest BCUT2D eigenvalue weighted by molar-refractivity contribution is 5.95. The maximum atomic E-state index is 5.88. The van der Waals surface area contributed by atoms with Crippen molar-refractivity contribution < 1.29 is 14.2 Å². The van der Waals surface area contributed by atoms with Gasteiger partial charge in [-0.2, -0.15) is 5.10 Å². The molecule has 19 heavy (non-hydrogen) atoms. The first-order valence-electron chi connectivity index (χ1n) is 6.00. The Balaban J connectivity index is 2.62. The number of benzene rings is 1. The number of nitrogens with two attached hydrogens (primary N) is 1. The Morgan fingerprint density at radius 1 is 1.21 bits per heavy atom. The number of hydrogen-bond acceptors (Lipinski definition) is 5. The Bertz CT molecular complexity index is 568. The Morgan fingerprint density at radius 3 is 2.53 bits per heavy atom. The van der Waals surface area contributed by atoms with Gasteiger partial charge in [-0.15, -0.1) is 0 Å². The van der Waals surface area contributed by atoms with Crippen molar-refractivity contribution in [3.05, 3.63) is 17.7 Å². The highest BCUT2D eigenvalue weighted by atomic mass is 16.5. The Hall–Kier alpha value is -1.79. The number of rotatable bonds is 5. The van der Waals surface area contributed by atoms with Crippen molar-refractivity contribution in [3.63, 3.8) is 0 Å². The molecule has 0 bridgehead atoms. The zero-order chi connectivity index (χ0) is 14.0. The number of aromatic amines is 1. The normalized spacial score (nSPS) is 14.5. The van der Waals surface area contributed by atoms with Crippen LogP contribution in [0, 0.1) is 0 Å². The van der Waals surface area contributed by atoms with E-state index in [1.165, 1.54) is 0 Å². The van der Waals surface area contributed by atoms with E-state index in [9.17, 15) is 0 Å². The first kappa shape index (κ1) is 13.6. The predicted molar refractivity (Wildman–Crippen MR) is 73.3 cm³/mol. The van der Waals surface area contributed by atoms with Crippen molar-refractivity contribution >= 4 is 16.7 Å². The fourth-order valence-corrected chi connectivity index (χ4v) is 2.26. The molecule has 0 radical (unpaired) electrons. The van der Waals surface area contributed by atoms with Gasteiger partial charge in [-0.1, -0.05) is 6.07 Å². The molecule has 1 heterocycles. The number of hydrogen-bond donors (Lipinski definition) is 2. The summed E-state index contributed by atoms with van der Waals surface area (Å²) in [5.74, 6) is 1.08. The average Bonchev–Trinajstić information content (AvgIpc) is 2.81. The van der Waals surface area contributed by atoms with Crippen LogP contribution in [0.15, 0.2) is 12.1 Å². The van der Waals surface area contributed by atoms with Crippen LogP contribution in [0.1, 0.15) is 18.6 Å². The van der Waals surface area contributed by atoms with E-state index < -0.39 is 0 Å². The quantitative estimate of drug-likeness (QED) is 0.862. The van der Waals surface area contributed by atoms with Crippen molar-refractivity contribution in [2.45, 2.75) is 19.1 Å². The predicted octanol–water partition coefficient (Wildman–Crippen LogP) is 1.88. The van der Waals surface area contributed by atoms with E-state index in [4.69, 9.17) is 19.9 Å². The number of aromatic nitrogens is 2. The van der Waals surface area contributed by atoms with Crippen LogP contribution >= 0.6 is 0 Å². The van der Waals surface area contributed by atoms with E-state index in [1.807, 2.05) is 19.1 Å². The number of nitrogens with one attached hydrogen (secondary N) is 1. The molecule has 104 valence electrons. The summed E-state index contributed by atoms with van der Waals surface area (Å²) in [6, 6.07) is 3.84. The molecule has 1 aromatic heterocycles. The zero-order valence-corrected chi connectivity index (χ0v) is 11.6. The zero-order valence-electron chi connectivity index (χ0n) is 11.6. The number of nitrogens with zero attached hydrogens (tertiary/aromatic N) is 1. The lowest BCUT2D eigenvalue weighted by Gasteiger charge is -2.23. The third-order valence-corrected chi connectivity index (χ3v) is 3.30. The molecule has 2 rings (SSSR count). The van der Waals surface area contributed by atoms with Gasteiger partial charge in [0.1, 0.15) is 11.9 Å². The van der Waals surface area contributed by atoms with E-state index in [2.05, 4.69) is 10.2 Å². The molecule has 0 fully saturated rings. The van der Waals surface area contributed by atoms with Crippen molar-refractivity contribution in [2.24, 2.45) is 0 Å². The van der Waals surface area contributed by atoms with E-state index in [-0.39, 0.29) is 12.2 Å². The van der Waals surface area contributed by atoms with E-state index >= 15 is 0 Å². The molecule has 1 aromatic carbocycles.